The molecule has 11 nitrogen and oxygen atoms in total. The van der Waals surface area contributed by atoms with Crippen LogP contribution < -0.4 is 19.5 Å². The molecule has 1 aliphatic carbocycles. The summed E-state index contributed by atoms with van der Waals surface area (Å²) in [7, 11) is -1.93. The number of unbranched alkanes of at least 4 members (excludes halogenated alkanes) is 1. The Hall–Kier alpha value is -3.32. The van der Waals surface area contributed by atoms with Gasteiger partial charge in [-0.25, -0.2) is 8.42 Å². The lowest BCUT2D eigenvalue weighted by Gasteiger charge is -2.52. The number of aliphatic hydroxyl groups excluding tert-OH is 1. The van der Waals surface area contributed by atoms with E-state index < -0.39 is 27.7 Å². The van der Waals surface area contributed by atoms with Crippen molar-refractivity contribution in [3.05, 3.63) is 60.2 Å². The summed E-state index contributed by atoms with van der Waals surface area (Å²) < 4.78 is 36.9. The van der Waals surface area contributed by atoms with Crippen LogP contribution in [0.2, 0.25) is 0 Å². The molecule has 2 amide bonds. The molecule has 3 N–H and O–H groups in total. The van der Waals surface area contributed by atoms with Crippen molar-refractivity contribution in [2.24, 2.45) is 5.92 Å². The molecule has 0 saturated carbocycles. The first-order valence-corrected chi connectivity index (χ1v) is 17.5. The van der Waals surface area contributed by atoms with Crippen LogP contribution in [0.25, 0.3) is 0 Å². The van der Waals surface area contributed by atoms with E-state index in [9.17, 15) is 23.1 Å². The molecule has 0 unspecified atom stereocenters. The van der Waals surface area contributed by atoms with Crippen molar-refractivity contribution < 1.29 is 32.6 Å². The fraction of sp³-hybridized carbons (Fsp3) is 0.515. The number of anilines is 1. The first-order chi connectivity index (χ1) is 21.5. The number of aliphatic hydroxyl groups is 1. The minimum absolute atomic E-state index is 0. The number of nitrogens with one attached hydrogen (secondary N) is 2. The summed E-state index contributed by atoms with van der Waals surface area (Å²) in [6.45, 7) is 4.59. The Kier molecular flexibility index (Phi) is 11.6. The van der Waals surface area contributed by atoms with Gasteiger partial charge in [-0.3, -0.25) is 19.2 Å². The Labute approximate surface area is 277 Å². The lowest BCUT2D eigenvalue weighted by atomic mass is 9.79. The molecule has 2 aromatic carbocycles. The smallest absolute Gasteiger partial charge is 0.248 e. The van der Waals surface area contributed by atoms with E-state index in [0.29, 0.717) is 62.0 Å². The molecule has 46 heavy (non-hydrogen) atoms. The van der Waals surface area contributed by atoms with E-state index in [2.05, 4.69) is 21.9 Å². The number of carbonyl (C=O) groups is 2. The average Bonchev–Trinajstić information content (AvgIpc) is 3.56. The zero-order valence-corrected chi connectivity index (χ0v) is 28.2. The van der Waals surface area contributed by atoms with Gasteiger partial charge in [-0.2, -0.15) is 0 Å². The molecule has 252 valence electrons. The second-order valence-corrected chi connectivity index (χ2v) is 14.0. The molecule has 5 rings (SSSR count). The Morgan fingerprint density at radius 1 is 1.07 bits per heavy atom. The van der Waals surface area contributed by atoms with Gasteiger partial charge >= 0.3 is 0 Å². The van der Waals surface area contributed by atoms with E-state index in [0.717, 1.165) is 37.5 Å². The molecule has 0 bridgehead atoms. The highest BCUT2D eigenvalue weighted by molar-refractivity contribution is 7.92. The van der Waals surface area contributed by atoms with E-state index in [4.69, 9.17) is 9.47 Å². The summed E-state index contributed by atoms with van der Waals surface area (Å²) in [6, 6.07) is 11.6. The number of rotatable bonds is 12. The van der Waals surface area contributed by atoms with Crippen LogP contribution in [0.15, 0.2) is 54.6 Å². The predicted octanol–water partition coefficient (Wildman–Crippen LogP) is 4.07. The number of likely N-dealkylation sites (tertiary alicyclic amines) is 1. The van der Waals surface area contributed by atoms with Gasteiger partial charge in [-0.1, -0.05) is 37.6 Å². The van der Waals surface area contributed by atoms with Gasteiger partial charge in [0.2, 0.25) is 21.8 Å². The highest BCUT2D eigenvalue weighted by Gasteiger charge is 2.55. The molecule has 0 aromatic heterocycles. The van der Waals surface area contributed by atoms with E-state index in [1.54, 1.807) is 23.1 Å². The molecule has 1 spiro atoms. The number of sulfonamides is 1. The molecule has 2 heterocycles. The number of methoxy groups -OCH3 is 1. The minimum Gasteiger partial charge on any atom is -0.493 e. The fourth-order valence-electron chi connectivity index (χ4n) is 6.56. The number of piperidine rings is 1. The van der Waals surface area contributed by atoms with Crippen molar-refractivity contribution in [2.45, 2.75) is 69.7 Å². The number of ether oxygens (including phenoxy) is 2. The van der Waals surface area contributed by atoms with Gasteiger partial charge in [0.1, 0.15) is 17.3 Å². The van der Waals surface area contributed by atoms with Crippen LogP contribution in [0.5, 0.6) is 17.2 Å². The second kappa shape index (κ2) is 15.1. The molecular weight excluding hydrogens is 632 g/mol. The molecule has 13 heteroatoms. The second-order valence-electron chi connectivity index (χ2n) is 12.3. The van der Waals surface area contributed by atoms with E-state index >= 15 is 0 Å². The number of hydrogen-bond donors (Lipinski definition) is 3. The van der Waals surface area contributed by atoms with Gasteiger partial charge in [0, 0.05) is 32.2 Å². The number of nitrogens with zero attached hydrogens (tertiary/aromatic N) is 2. The normalized spacial score (nSPS) is 20.7. The number of piperazine rings is 1. The van der Waals surface area contributed by atoms with Crippen molar-refractivity contribution in [1.82, 2.24) is 15.1 Å². The zero-order chi connectivity index (χ0) is 32.2. The van der Waals surface area contributed by atoms with E-state index in [1.165, 1.54) is 7.11 Å². The third kappa shape index (κ3) is 7.96. The molecule has 2 aliphatic heterocycles. The van der Waals surface area contributed by atoms with Gasteiger partial charge in [-0.05, 0) is 67.9 Å². The van der Waals surface area contributed by atoms with Crippen LogP contribution in [0.4, 0.5) is 5.69 Å². The van der Waals surface area contributed by atoms with Crippen molar-refractivity contribution in [3.63, 3.8) is 0 Å². The number of carbonyl (C=O) groups excluding carboxylic acids is 2. The topological polar surface area (TPSA) is 138 Å². The summed E-state index contributed by atoms with van der Waals surface area (Å²) in [6.07, 6.45) is 8.45. The zero-order valence-electron chi connectivity index (χ0n) is 26.6. The Bertz CT molecular complexity index is 1500. The maximum absolute atomic E-state index is 13.8. The molecule has 2 atom stereocenters. The predicted molar refractivity (Wildman–Crippen MR) is 179 cm³/mol. The van der Waals surface area contributed by atoms with Crippen LogP contribution >= 0.6 is 12.4 Å². The highest BCUT2D eigenvalue weighted by atomic mass is 35.5. The van der Waals surface area contributed by atoms with Crippen molar-refractivity contribution in [3.8, 4) is 17.2 Å². The van der Waals surface area contributed by atoms with Crippen molar-refractivity contribution >= 4 is 39.9 Å². The quantitative estimate of drug-likeness (QED) is 0.286. The van der Waals surface area contributed by atoms with Crippen LogP contribution in [0.1, 0.15) is 51.0 Å². The number of amides is 2. The minimum atomic E-state index is -3.42. The number of allylic oxidation sites excluding steroid dienone is 2. The maximum Gasteiger partial charge on any atom is 0.248 e. The van der Waals surface area contributed by atoms with Gasteiger partial charge in [0.05, 0.1) is 25.2 Å². The lowest BCUT2D eigenvalue weighted by Crippen LogP contribution is -2.75. The largest absolute Gasteiger partial charge is 0.493 e. The first-order valence-electron chi connectivity index (χ1n) is 15.6. The summed E-state index contributed by atoms with van der Waals surface area (Å²) in [5.74, 6) is 1.09. The summed E-state index contributed by atoms with van der Waals surface area (Å²) in [5.41, 5.74) is 0.567. The fourth-order valence-corrected chi connectivity index (χ4v) is 7.11. The Balaban J connectivity index is 0.00000480. The molecule has 2 aromatic rings. The number of benzene rings is 2. The van der Waals surface area contributed by atoms with Gasteiger partial charge < -0.3 is 24.8 Å². The van der Waals surface area contributed by atoms with Gasteiger partial charge in [0.25, 0.3) is 0 Å². The molecule has 3 aliphatic rings. The first kappa shape index (κ1) is 35.5. The van der Waals surface area contributed by atoms with Gasteiger partial charge in [-0.15, -0.1) is 12.4 Å². The number of halogens is 1. The summed E-state index contributed by atoms with van der Waals surface area (Å²) in [4.78, 5) is 31.5. The number of hydrogen-bond acceptors (Lipinski definition) is 8. The van der Waals surface area contributed by atoms with Crippen LogP contribution in [0.3, 0.4) is 0 Å². The van der Waals surface area contributed by atoms with Crippen LogP contribution in [0, 0.1) is 5.92 Å². The maximum atomic E-state index is 13.8. The third-order valence-electron chi connectivity index (χ3n) is 9.07. The monoisotopic (exact) mass is 676 g/mol. The summed E-state index contributed by atoms with van der Waals surface area (Å²) >= 11 is 0. The molecular formula is C33H45ClN4O7S. The molecule has 0 radical (unpaired) electrons. The van der Waals surface area contributed by atoms with Gasteiger partial charge in [0.15, 0.2) is 11.5 Å². The third-order valence-corrected chi connectivity index (χ3v) is 9.68. The lowest BCUT2D eigenvalue weighted by molar-refractivity contribution is -0.165. The Morgan fingerprint density at radius 2 is 1.74 bits per heavy atom. The molecule has 2 saturated heterocycles. The van der Waals surface area contributed by atoms with E-state index in [1.807, 2.05) is 36.4 Å². The van der Waals surface area contributed by atoms with Crippen molar-refractivity contribution in [1.29, 1.82) is 0 Å². The SMILES string of the molecule is CCCCN1C(=O)[C@@H]([C@H](O)C2CC=CC2)NC(=O)C12CCN(Cc1ccc(Oc3ccc(NS(C)(=O)=O)cc3OC)cc1)CC2.Cl. The highest BCUT2D eigenvalue weighted by Crippen LogP contribution is 2.37. The standard InChI is InChI=1S/C33H44N4O7S.ClH/c1-4-5-18-37-31(39)29(30(38)24-8-6-7-9-24)34-32(40)33(37)16-19-36(20-17-33)22-23-10-13-26(14-11-23)44-27-15-12-25(21-28(27)43-2)35-45(3,41)42;/h6-7,10-15,21,24,29-30,35,38H,4-5,8-9,16-20,22H2,1-3H3,(H,34,40);1H/t29-,30-;/m1./s1. The van der Waals surface area contributed by atoms with Crippen LogP contribution in [-0.4, -0.2) is 85.8 Å². The molecule has 2 fully saturated rings. The Morgan fingerprint density at radius 3 is 2.35 bits per heavy atom. The van der Waals surface area contributed by atoms with Crippen LogP contribution in [-0.2, 0) is 26.2 Å². The van der Waals surface area contributed by atoms with Crippen molar-refractivity contribution in [2.75, 3.05) is 37.7 Å². The summed E-state index contributed by atoms with van der Waals surface area (Å²) in [5, 5.41) is 14.0. The average molecular weight is 677 g/mol. The van der Waals surface area contributed by atoms with E-state index in [-0.39, 0.29) is 30.1 Å².